The van der Waals surface area contributed by atoms with Crippen molar-refractivity contribution in [3.63, 3.8) is 0 Å². The SMILES string of the molecule is NC1(c2c(F)ccc(Cl)c2Cl)CCN(C(=O)O)C1. The molecule has 2 rings (SSSR count). The number of hydrogen-bond donors (Lipinski definition) is 2. The van der Waals surface area contributed by atoms with Gasteiger partial charge >= 0.3 is 6.09 Å². The summed E-state index contributed by atoms with van der Waals surface area (Å²) in [6.07, 6.45) is -0.781. The zero-order valence-electron chi connectivity index (χ0n) is 9.29. The highest BCUT2D eigenvalue weighted by molar-refractivity contribution is 6.42. The Bertz CT molecular complexity index is 512. The molecule has 1 amide bonds. The second-order valence-electron chi connectivity index (χ2n) is 4.33. The molecule has 18 heavy (non-hydrogen) atoms. The number of nitrogens with zero attached hydrogens (tertiary/aromatic N) is 1. The van der Waals surface area contributed by atoms with Crippen molar-refractivity contribution in [2.24, 2.45) is 5.73 Å². The molecule has 1 aliphatic heterocycles. The molecular formula is C11H11Cl2FN2O2. The van der Waals surface area contributed by atoms with Gasteiger partial charge < -0.3 is 15.7 Å². The van der Waals surface area contributed by atoms with Crippen molar-refractivity contribution in [2.45, 2.75) is 12.0 Å². The van der Waals surface area contributed by atoms with E-state index < -0.39 is 17.4 Å². The summed E-state index contributed by atoms with van der Waals surface area (Å²) in [5.74, 6) is -0.570. The average Bonchev–Trinajstić information content (AvgIpc) is 2.68. The standard InChI is InChI=1S/C11H11Cl2FN2O2/c12-6-1-2-7(14)8(9(6)13)11(15)3-4-16(5-11)10(17)18/h1-2H,3-5,15H2,(H,17,18). The average molecular weight is 293 g/mol. The van der Waals surface area contributed by atoms with E-state index in [1.165, 1.54) is 12.1 Å². The Morgan fingerprint density at radius 1 is 1.50 bits per heavy atom. The summed E-state index contributed by atoms with van der Waals surface area (Å²) in [6.45, 7) is 0.243. The molecule has 0 spiro atoms. The largest absolute Gasteiger partial charge is 0.465 e. The lowest BCUT2D eigenvalue weighted by molar-refractivity contribution is 0.153. The molecule has 0 bridgehead atoms. The van der Waals surface area contributed by atoms with Crippen LogP contribution in [-0.4, -0.2) is 29.2 Å². The highest BCUT2D eigenvalue weighted by Crippen LogP contribution is 2.38. The van der Waals surface area contributed by atoms with Crippen LogP contribution in [0.15, 0.2) is 12.1 Å². The number of likely N-dealkylation sites (tertiary alicyclic amines) is 1. The number of amides is 1. The monoisotopic (exact) mass is 292 g/mol. The van der Waals surface area contributed by atoms with Crippen molar-refractivity contribution in [3.05, 3.63) is 33.6 Å². The van der Waals surface area contributed by atoms with E-state index in [9.17, 15) is 9.18 Å². The maximum absolute atomic E-state index is 13.9. The molecule has 0 saturated carbocycles. The van der Waals surface area contributed by atoms with Crippen LogP contribution in [0.3, 0.4) is 0 Å². The maximum Gasteiger partial charge on any atom is 0.407 e. The Labute approximate surface area is 113 Å². The molecule has 1 unspecified atom stereocenters. The molecule has 7 heteroatoms. The van der Waals surface area contributed by atoms with Gasteiger partial charge in [-0.2, -0.15) is 0 Å². The normalized spacial score (nSPS) is 23.4. The van der Waals surface area contributed by atoms with E-state index >= 15 is 0 Å². The fourth-order valence-corrected chi connectivity index (χ4v) is 2.68. The third kappa shape index (κ3) is 2.13. The van der Waals surface area contributed by atoms with Gasteiger partial charge in [0, 0.05) is 18.7 Å². The van der Waals surface area contributed by atoms with Crippen LogP contribution < -0.4 is 5.73 Å². The van der Waals surface area contributed by atoms with Crippen LogP contribution in [-0.2, 0) is 5.54 Å². The first-order valence-corrected chi connectivity index (χ1v) is 6.01. The third-order valence-corrected chi connectivity index (χ3v) is 3.92. The first-order chi connectivity index (χ1) is 8.35. The van der Waals surface area contributed by atoms with Gasteiger partial charge in [0.25, 0.3) is 0 Å². The summed E-state index contributed by atoms with van der Waals surface area (Å²) >= 11 is 11.8. The lowest BCUT2D eigenvalue weighted by Gasteiger charge is -2.26. The fourth-order valence-electron chi connectivity index (χ4n) is 2.18. The molecule has 1 heterocycles. The number of carbonyl (C=O) groups is 1. The Hall–Kier alpha value is -1.04. The van der Waals surface area contributed by atoms with Gasteiger partial charge in [-0.1, -0.05) is 23.2 Å². The Kier molecular flexibility index (Phi) is 3.40. The smallest absolute Gasteiger partial charge is 0.407 e. The molecule has 3 N–H and O–H groups in total. The number of hydrogen-bond acceptors (Lipinski definition) is 2. The Morgan fingerprint density at radius 3 is 2.72 bits per heavy atom. The van der Waals surface area contributed by atoms with E-state index in [1.807, 2.05) is 0 Å². The van der Waals surface area contributed by atoms with Crippen molar-refractivity contribution in [2.75, 3.05) is 13.1 Å². The predicted octanol–water partition coefficient (Wildman–Crippen LogP) is 2.67. The van der Waals surface area contributed by atoms with Crippen molar-refractivity contribution in [3.8, 4) is 0 Å². The van der Waals surface area contributed by atoms with Gasteiger partial charge in [-0.05, 0) is 18.6 Å². The van der Waals surface area contributed by atoms with Gasteiger partial charge in [-0.25, -0.2) is 9.18 Å². The van der Waals surface area contributed by atoms with Crippen LogP contribution in [0, 0.1) is 5.82 Å². The molecule has 1 fully saturated rings. The van der Waals surface area contributed by atoms with Crippen LogP contribution in [0.5, 0.6) is 0 Å². The highest BCUT2D eigenvalue weighted by Gasteiger charge is 2.41. The number of halogens is 3. The zero-order chi connectivity index (χ0) is 13.5. The van der Waals surface area contributed by atoms with Crippen molar-refractivity contribution < 1.29 is 14.3 Å². The summed E-state index contributed by atoms with van der Waals surface area (Å²) < 4.78 is 13.9. The van der Waals surface area contributed by atoms with E-state index in [0.717, 1.165) is 4.90 Å². The lowest BCUT2D eigenvalue weighted by Crippen LogP contribution is -2.41. The van der Waals surface area contributed by atoms with E-state index in [1.54, 1.807) is 0 Å². The van der Waals surface area contributed by atoms with E-state index in [-0.39, 0.29) is 28.7 Å². The van der Waals surface area contributed by atoms with Gasteiger partial charge in [0.2, 0.25) is 0 Å². The minimum Gasteiger partial charge on any atom is -0.465 e. The molecule has 0 aromatic heterocycles. The summed E-state index contributed by atoms with van der Waals surface area (Å²) in [5, 5.41) is 9.15. The summed E-state index contributed by atoms with van der Waals surface area (Å²) in [5.41, 5.74) is 5.04. The van der Waals surface area contributed by atoms with Crippen molar-refractivity contribution >= 4 is 29.3 Å². The minimum atomic E-state index is -1.13. The fraction of sp³-hybridized carbons (Fsp3) is 0.364. The van der Waals surface area contributed by atoms with Crippen molar-refractivity contribution in [1.82, 2.24) is 4.90 Å². The van der Waals surface area contributed by atoms with Gasteiger partial charge in [-0.15, -0.1) is 0 Å². The van der Waals surface area contributed by atoms with Crippen LogP contribution in [0.25, 0.3) is 0 Å². The Balaban J connectivity index is 2.43. The number of rotatable bonds is 1. The highest BCUT2D eigenvalue weighted by atomic mass is 35.5. The summed E-state index contributed by atoms with van der Waals surface area (Å²) in [7, 11) is 0. The lowest BCUT2D eigenvalue weighted by atomic mass is 9.89. The molecule has 1 aromatic carbocycles. The number of benzene rings is 1. The molecule has 1 saturated heterocycles. The molecular weight excluding hydrogens is 282 g/mol. The molecule has 1 aliphatic rings. The van der Waals surface area contributed by atoms with Crippen LogP contribution in [0.1, 0.15) is 12.0 Å². The summed E-state index contributed by atoms with van der Waals surface area (Å²) in [6, 6.07) is 2.53. The van der Waals surface area contributed by atoms with E-state index in [2.05, 4.69) is 0 Å². The first-order valence-electron chi connectivity index (χ1n) is 5.26. The molecule has 4 nitrogen and oxygen atoms in total. The topological polar surface area (TPSA) is 66.6 Å². The van der Waals surface area contributed by atoms with Crippen LogP contribution in [0.4, 0.5) is 9.18 Å². The zero-order valence-corrected chi connectivity index (χ0v) is 10.8. The van der Waals surface area contributed by atoms with E-state index in [4.69, 9.17) is 34.0 Å². The van der Waals surface area contributed by atoms with E-state index in [0.29, 0.717) is 6.42 Å². The Morgan fingerprint density at radius 2 is 2.17 bits per heavy atom. The van der Waals surface area contributed by atoms with Crippen LogP contribution >= 0.6 is 23.2 Å². The number of carboxylic acid groups (broad SMARTS) is 1. The maximum atomic E-state index is 13.9. The molecule has 0 aliphatic carbocycles. The van der Waals surface area contributed by atoms with Crippen LogP contribution in [0.2, 0.25) is 10.0 Å². The van der Waals surface area contributed by atoms with Gasteiger partial charge in [0.05, 0.1) is 15.6 Å². The van der Waals surface area contributed by atoms with Gasteiger partial charge in [0.1, 0.15) is 5.82 Å². The number of nitrogens with two attached hydrogens (primary N) is 1. The molecule has 1 atom stereocenters. The quantitative estimate of drug-likeness (QED) is 0.782. The first kappa shape index (κ1) is 13.4. The minimum absolute atomic E-state index is 0.000679. The third-order valence-electron chi connectivity index (χ3n) is 3.11. The van der Waals surface area contributed by atoms with Gasteiger partial charge in [0.15, 0.2) is 0 Å². The second kappa shape index (κ2) is 4.57. The molecule has 98 valence electrons. The van der Waals surface area contributed by atoms with Gasteiger partial charge in [-0.3, -0.25) is 0 Å². The molecule has 1 aromatic rings. The second-order valence-corrected chi connectivity index (χ2v) is 5.11. The van der Waals surface area contributed by atoms with Crippen molar-refractivity contribution in [1.29, 1.82) is 0 Å². The predicted molar refractivity (Wildman–Crippen MR) is 66.5 cm³/mol. The molecule has 0 radical (unpaired) electrons. The summed E-state index contributed by atoms with van der Waals surface area (Å²) in [4.78, 5) is 12.0.